The average Bonchev–Trinajstić information content (AvgIpc) is 3.55. The van der Waals surface area contributed by atoms with Crippen LogP contribution in [0.1, 0.15) is 31.2 Å². The van der Waals surface area contributed by atoms with Crippen molar-refractivity contribution in [2.75, 3.05) is 49.0 Å². The van der Waals surface area contributed by atoms with Crippen LogP contribution in [0.2, 0.25) is 0 Å². The maximum Gasteiger partial charge on any atom is 0.319 e. The van der Waals surface area contributed by atoms with Crippen LogP contribution in [0.3, 0.4) is 0 Å². The predicted molar refractivity (Wildman–Crippen MR) is 165 cm³/mol. The van der Waals surface area contributed by atoms with Gasteiger partial charge in [-0.1, -0.05) is 55.3 Å². The summed E-state index contributed by atoms with van der Waals surface area (Å²) in [5, 5.41) is 5.35. The first-order valence-corrected chi connectivity index (χ1v) is 14.4. The Morgan fingerprint density at radius 2 is 1.60 bits per heavy atom. The third-order valence-electron chi connectivity index (χ3n) is 7.40. The predicted octanol–water partition coefficient (Wildman–Crippen LogP) is 4.79. The normalized spacial score (nSPS) is 12.7. The molecule has 1 aliphatic carbocycles. The number of anilines is 3. The van der Waals surface area contributed by atoms with Crippen molar-refractivity contribution in [2.24, 2.45) is 5.92 Å². The SMILES string of the molecule is COC(=O)Cc1cccc(NC(=O)NCC(=O)N(CC2CCCC2)c2ccccc2OCC(=O)N(C)c2ccccc2)c1. The maximum atomic E-state index is 13.6. The fraction of sp³-hybridized carbons (Fsp3) is 0.333. The monoisotopic (exact) mass is 586 g/mol. The van der Waals surface area contributed by atoms with Crippen LogP contribution < -0.4 is 25.2 Å². The van der Waals surface area contributed by atoms with Crippen LogP contribution >= 0.6 is 0 Å². The lowest BCUT2D eigenvalue weighted by molar-refractivity contribution is -0.139. The highest BCUT2D eigenvalue weighted by Crippen LogP contribution is 2.32. The number of methoxy groups -OCH3 is 1. The lowest BCUT2D eigenvalue weighted by Crippen LogP contribution is -2.43. The van der Waals surface area contributed by atoms with Crippen LogP contribution in [0.25, 0.3) is 0 Å². The van der Waals surface area contributed by atoms with Gasteiger partial charge in [-0.15, -0.1) is 0 Å². The molecule has 10 heteroatoms. The first-order valence-electron chi connectivity index (χ1n) is 14.4. The van der Waals surface area contributed by atoms with E-state index in [2.05, 4.69) is 10.6 Å². The van der Waals surface area contributed by atoms with Gasteiger partial charge in [-0.25, -0.2) is 4.79 Å². The molecule has 0 aromatic heterocycles. The number of para-hydroxylation sites is 3. The summed E-state index contributed by atoms with van der Waals surface area (Å²) in [6.45, 7) is 0.0317. The Balaban J connectivity index is 1.42. The fourth-order valence-corrected chi connectivity index (χ4v) is 5.04. The summed E-state index contributed by atoms with van der Waals surface area (Å²) in [6, 6.07) is 22.7. The number of likely N-dealkylation sites (N-methyl/N-ethyl adjacent to an activating group) is 1. The molecule has 4 amide bonds. The minimum absolute atomic E-state index is 0.0812. The highest BCUT2D eigenvalue weighted by Gasteiger charge is 2.26. The summed E-state index contributed by atoms with van der Waals surface area (Å²) in [5.74, 6) is -0.176. The number of urea groups is 1. The third kappa shape index (κ3) is 9.06. The molecule has 2 N–H and O–H groups in total. The first kappa shape index (κ1) is 31.1. The first-order chi connectivity index (χ1) is 20.8. The van der Waals surface area contributed by atoms with E-state index in [9.17, 15) is 19.2 Å². The van der Waals surface area contributed by atoms with E-state index in [1.54, 1.807) is 54.4 Å². The highest BCUT2D eigenvalue weighted by molar-refractivity contribution is 5.99. The number of nitrogens with one attached hydrogen (secondary N) is 2. The Kier molecular flexibility index (Phi) is 11.1. The Morgan fingerprint density at radius 3 is 2.35 bits per heavy atom. The Labute approximate surface area is 252 Å². The lowest BCUT2D eigenvalue weighted by atomic mass is 10.1. The molecule has 1 saturated carbocycles. The summed E-state index contributed by atoms with van der Waals surface area (Å²) < 4.78 is 10.7. The summed E-state index contributed by atoms with van der Waals surface area (Å²) in [4.78, 5) is 53.9. The van der Waals surface area contributed by atoms with Crippen molar-refractivity contribution in [1.82, 2.24) is 5.32 Å². The van der Waals surface area contributed by atoms with Gasteiger partial charge in [0.25, 0.3) is 5.91 Å². The summed E-state index contributed by atoms with van der Waals surface area (Å²) in [7, 11) is 3.01. The number of nitrogens with zero attached hydrogens (tertiary/aromatic N) is 2. The zero-order chi connectivity index (χ0) is 30.6. The Morgan fingerprint density at radius 1 is 0.884 bits per heavy atom. The van der Waals surface area contributed by atoms with E-state index in [4.69, 9.17) is 9.47 Å². The van der Waals surface area contributed by atoms with Crippen LogP contribution in [0.5, 0.6) is 5.75 Å². The fourth-order valence-electron chi connectivity index (χ4n) is 5.04. The van der Waals surface area contributed by atoms with Gasteiger partial charge in [0.15, 0.2) is 6.61 Å². The summed E-state index contributed by atoms with van der Waals surface area (Å²) in [6.07, 6.45) is 4.34. The van der Waals surface area contributed by atoms with Crippen LogP contribution in [0.15, 0.2) is 78.9 Å². The molecular weight excluding hydrogens is 548 g/mol. The lowest BCUT2D eigenvalue weighted by Gasteiger charge is -2.28. The van der Waals surface area contributed by atoms with Crippen molar-refractivity contribution in [1.29, 1.82) is 0 Å². The topological polar surface area (TPSA) is 117 Å². The van der Waals surface area contributed by atoms with E-state index in [1.807, 2.05) is 36.4 Å². The van der Waals surface area contributed by atoms with Crippen LogP contribution in [-0.2, 0) is 25.5 Å². The average molecular weight is 587 g/mol. The molecule has 0 bridgehead atoms. The number of amides is 4. The molecule has 3 aromatic rings. The largest absolute Gasteiger partial charge is 0.482 e. The zero-order valence-corrected chi connectivity index (χ0v) is 24.6. The van der Waals surface area contributed by atoms with Crippen molar-refractivity contribution < 1.29 is 28.7 Å². The van der Waals surface area contributed by atoms with E-state index in [-0.39, 0.29) is 37.4 Å². The molecule has 3 aromatic carbocycles. The molecule has 1 aliphatic rings. The third-order valence-corrected chi connectivity index (χ3v) is 7.40. The van der Waals surface area contributed by atoms with E-state index in [0.717, 1.165) is 31.4 Å². The van der Waals surface area contributed by atoms with Gasteiger partial charge in [-0.2, -0.15) is 0 Å². The van der Waals surface area contributed by atoms with Gasteiger partial charge in [0.05, 0.1) is 25.8 Å². The van der Waals surface area contributed by atoms with E-state index in [1.165, 1.54) is 12.0 Å². The van der Waals surface area contributed by atoms with Crippen molar-refractivity contribution in [3.05, 3.63) is 84.4 Å². The van der Waals surface area contributed by atoms with Crippen molar-refractivity contribution in [3.63, 3.8) is 0 Å². The Hall–Kier alpha value is -4.86. The van der Waals surface area contributed by atoms with Crippen molar-refractivity contribution in [3.8, 4) is 5.75 Å². The van der Waals surface area contributed by atoms with Gasteiger partial charge < -0.3 is 29.9 Å². The number of esters is 1. The number of carbonyl (C=O) groups is 4. The van der Waals surface area contributed by atoms with Gasteiger partial charge in [0, 0.05) is 25.0 Å². The zero-order valence-electron chi connectivity index (χ0n) is 24.6. The van der Waals surface area contributed by atoms with Gasteiger partial charge in [0.1, 0.15) is 5.75 Å². The molecule has 226 valence electrons. The molecule has 0 radical (unpaired) electrons. The van der Waals surface area contributed by atoms with Crippen LogP contribution in [0, 0.1) is 5.92 Å². The number of rotatable bonds is 12. The maximum absolute atomic E-state index is 13.6. The molecule has 0 unspecified atom stereocenters. The minimum Gasteiger partial charge on any atom is -0.482 e. The molecule has 0 atom stereocenters. The second-order valence-electron chi connectivity index (χ2n) is 10.5. The van der Waals surface area contributed by atoms with E-state index >= 15 is 0 Å². The van der Waals surface area contributed by atoms with Gasteiger partial charge in [0.2, 0.25) is 5.91 Å². The molecule has 0 heterocycles. The van der Waals surface area contributed by atoms with Crippen LogP contribution in [-0.4, -0.2) is 57.7 Å². The van der Waals surface area contributed by atoms with E-state index in [0.29, 0.717) is 35.2 Å². The van der Waals surface area contributed by atoms with Gasteiger partial charge >= 0.3 is 12.0 Å². The standard InChI is InChI=1S/C33H38N4O6/c1-36(27-15-4-3-5-16-27)31(39)23-43-29-18-9-8-17-28(29)37(22-24-11-6-7-12-24)30(38)21-34-33(41)35-26-14-10-13-25(19-26)20-32(40)42-2/h3-5,8-10,13-19,24H,6-7,11-12,20-23H2,1-2H3,(H2,34,35,41). The second kappa shape index (κ2) is 15.4. The molecule has 10 nitrogen and oxygen atoms in total. The molecule has 1 fully saturated rings. The number of ether oxygens (including phenoxy) is 2. The second-order valence-corrected chi connectivity index (χ2v) is 10.5. The number of benzene rings is 3. The molecule has 0 saturated heterocycles. The van der Waals surface area contributed by atoms with Crippen molar-refractivity contribution >= 4 is 40.9 Å². The van der Waals surface area contributed by atoms with Gasteiger partial charge in [-0.3, -0.25) is 14.4 Å². The highest BCUT2D eigenvalue weighted by atomic mass is 16.5. The van der Waals surface area contributed by atoms with Crippen LogP contribution in [0.4, 0.5) is 21.9 Å². The van der Waals surface area contributed by atoms with Crippen molar-refractivity contribution in [2.45, 2.75) is 32.1 Å². The number of carbonyl (C=O) groups excluding carboxylic acids is 4. The van der Waals surface area contributed by atoms with E-state index < -0.39 is 6.03 Å². The number of hydrogen-bond acceptors (Lipinski definition) is 6. The molecular formula is C33H38N4O6. The molecule has 0 spiro atoms. The molecule has 4 rings (SSSR count). The summed E-state index contributed by atoms with van der Waals surface area (Å²) in [5.41, 5.74) is 2.47. The minimum atomic E-state index is -0.552. The summed E-state index contributed by atoms with van der Waals surface area (Å²) >= 11 is 0. The smallest absolute Gasteiger partial charge is 0.319 e. The molecule has 0 aliphatic heterocycles. The quantitative estimate of drug-likeness (QED) is 0.295. The Bertz CT molecular complexity index is 1410. The number of hydrogen-bond donors (Lipinski definition) is 2. The molecule has 43 heavy (non-hydrogen) atoms. The van der Waals surface area contributed by atoms with Gasteiger partial charge in [-0.05, 0) is 60.7 Å².